The molecule has 148 valence electrons. The number of carbonyl (C=O) groups is 2. The Bertz CT molecular complexity index is 1020. The van der Waals surface area contributed by atoms with Crippen molar-refractivity contribution in [1.29, 1.82) is 0 Å². The number of thiazole rings is 1. The van der Waals surface area contributed by atoms with E-state index in [-0.39, 0.29) is 17.7 Å². The van der Waals surface area contributed by atoms with E-state index in [9.17, 15) is 9.59 Å². The summed E-state index contributed by atoms with van der Waals surface area (Å²) in [6, 6.07) is 12.3. The van der Waals surface area contributed by atoms with Gasteiger partial charge in [-0.25, -0.2) is 4.98 Å². The molecule has 0 unspecified atom stereocenters. The van der Waals surface area contributed by atoms with Crippen LogP contribution in [0.1, 0.15) is 45.4 Å². The number of nitrogens with zero attached hydrogens (tertiary/aromatic N) is 2. The molecule has 0 radical (unpaired) electrons. The lowest BCUT2D eigenvalue weighted by atomic mass is 9.90. The van der Waals surface area contributed by atoms with E-state index < -0.39 is 0 Å². The zero-order chi connectivity index (χ0) is 20.2. The first-order chi connectivity index (χ1) is 14.1. The Labute approximate surface area is 177 Å². The van der Waals surface area contributed by atoms with Gasteiger partial charge in [0.25, 0.3) is 5.91 Å². The standard InChI is InChI=1S/C21H19ClN4O2S/c22-14-9-7-13(8-10-14)19(27)26-21-25-18-16(5-3-6-17(18)29-21)20(28)24-12-15-4-1-2-11-23-15/h1-2,4,7-11,16H,3,5-6,12H2,(H,24,28)(H,25,26,27)/t16-/m1/s1. The molecule has 0 spiro atoms. The van der Waals surface area contributed by atoms with Crippen molar-refractivity contribution < 1.29 is 9.59 Å². The van der Waals surface area contributed by atoms with Crippen molar-refractivity contribution in [1.82, 2.24) is 15.3 Å². The van der Waals surface area contributed by atoms with Gasteiger partial charge < -0.3 is 5.32 Å². The number of rotatable bonds is 5. The fraction of sp³-hybridized carbons (Fsp3) is 0.238. The number of halogens is 1. The average molecular weight is 427 g/mol. The van der Waals surface area contributed by atoms with E-state index in [1.165, 1.54) is 11.3 Å². The molecule has 2 aromatic heterocycles. The number of benzene rings is 1. The van der Waals surface area contributed by atoms with Gasteiger partial charge in [0.05, 0.1) is 23.9 Å². The second kappa shape index (κ2) is 8.71. The molecule has 2 N–H and O–H groups in total. The number of aromatic nitrogens is 2. The fourth-order valence-corrected chi connectivity index (χ4v) is 4.49. The zero-order valence-electron chi connectivity index (χ0n) is 15.5. The van der Waals surface area contributed by atoms with Crippen LogP contribution in [0.25, 0.3) is 0 Å². The molecule has 0 fully saturated rings. The van der Waals surface area contributed by atoms with Crippen LogP contribution in [0.4, 0.5) is 5.13 Å². The van der Waals surface area contributed by atoms with Gasteiger partial charge in [-0.15, -0.1) is 11.3 Å². The molecule has 1 aromatic carbocycles. The highest BCUT2D eigenvalue weighted by Crippen LogP contribution is 2.37. The van der Waals surface area contributed by atoms with Crippen molar-refractivity contribution in [3.63, 3.8) is 0 Å². The van der Waals surface area contributed by atoms with Crippen LogP contribution in [-0.2, 0) is 17.8 Å². The highest BCUT2D eigenvalue weighted by Gasteiger charge is 2.30. The van der Waals surface area contributed by atoms with Crippen molar-refractivity contribution in [3.05, 3.63) is 75.5 Å². The molecule has 0 bridgehead atoms. The molecule has 0 aliphatic heterocycles. The predicted molar refractivity (Wildman–Crippen MR) is 113 cm³/mol. The summed E-state index contributed by atoms with van der Waals surface area (Å²) in [5, 5.41) is 6.88. The van der Waals surface area contributed by atoms with Crippen LogP contribution in [0.2, 0.25) is 5.02 Å². The Morgan fingerprint density at radius 3 is 2.76 bits per heavy atom. The first-order valence-electron chi connectivity index (χ1n) is 9.34. The Morgan fingerprint density at radius 1 is 1.17 bits per heavy atom. The molecular weight excluding hydrogens is 408 g/mol. The van der Waals surface area contributed by atoms with Gasteiger partial charge >= 0.3 is 0 Å². The average Bonchev–Trinajstić information content (AvgIpc) is 3.15. The molecule has 2 amide bonds. The van der Waals surface area contributed by atoms with Gasteiger partial charge in [-0.05, 0) is 55.7 Å². The molecule has 1 atom stereocenters. The second-order valence-corrected chi connectivity index (χ2v) is 8.29. The Morgan fingerprint density at radius 2 is 2.00 bits per heavy atom. The van der Waals surface area contributed by atoms with Crippen molar-refractivity contribution in [3.8, 4) is 0 Å². The fourth-order valence-electron chi connectivity index (χ4n) is 3.30. The number of fused-ring (bicyclic) bond motifs is 1. The van der Waals surface area contributed by atoms with Crippen molar-refractivity contribution >= 4 is 39.9 Å². The molecule has 1 aliphatic carbocycles. The van der Waals surface area contributed by atoms with E-state index in [0.29, 0.717) is 22.3 Å². The second-order valence-electron chi connectivity index (χ2n) is 6.77. The predicted octanol–water partition coefficient (Wildman–Crippen LogP) is 4.18. The third-order valence-electron chi connectivity index (χ3n) is 4.77. The third-order valence-corrected chi connectivity index (χ3v) is 6.07. The maximum absolute atomic E-state index is 12.7. The third kappa shape index (κ3) is 4.63. The topological polar surface area (TPSA) is 84.0 Å². The molecule has 8 heteroatoms. The first kappa shape index (κ1) is 19.5. The molecular formula is C21H19ClN4O2S. The Balaban J connectivity index is 1.45. The normalized spacial score (nSPS) is 15.4. The highest BCUT2D eigenvalue weighted by molar-refractivity contribution is 7.16. The van der Waals surface area contributed by atoms with E-state index in [0.717, 1.165) is 35.5 Å². The van der Waals surface area contributed by atoms with Crippen LogP contribution in [0.5, 0.6) is 0 Å². The minimum absolute atomic E-state index is 0.0579. The largest absolute Gasteiger partial charge is 0.350 e. The van der Waals surface area contributed by atoms with Gasteiger partial charge in [-0.2, -0.15) is 0 Å². The monoisotopic (exact) mass is 426 g/mol. The molecule has 1 aliphatic rings. The van der Waals surface area contributed by atoms with E-state index in [1.54, 1.807) is 30.5 Å². The smallest absolute Gasteiger partial charge is 0.257 e. The molecule has 3 aromatic rings. The molecule has 6 nitrogen and oxygen atoms in total. The summed E-state index contributed by atoms with van der Waals surface area (Å²) >= 11 is 7.31. The summed E-state index contributed by atoms with van der Waals surface area (Å²) in [6.07, 6.45) is 4.24. The summed E-state index contributed by atoms with van der Waals surface area (Å²) in [6.45, 7) is 0.385. The highest BCUT2D eigenvalue weighted by atomic mass is 35.5. The van der Waals surface area contributed by atoms with Crippen LogP contribution in [0, 0.1) is 0 Å². The maximum Gasteiger partial charge on any atom is 0.257 e. The number of hydrogen-bond acceptors (Lipinski definition) is 5. The molecule has 2 heterocycles. The molecule has 0 saturated heterocycles. The van der Waals surface area contributed by atoms with Gasteiger partial charge in [0, 0.05) is 21.7 Å². The van der Waals surface area contributed by atoms with Gasteiger partial charge in [0.2, 0.25) is 5.91 Å². The Hall–Kier alpha value is -2.77. The lowest BCUT2D eigenvalue weighted by Gasteiger charge is -2.20. The minimum Gasteiger partial charge on any atom is -0.350 e. The summed E-state index contributed by atoms with van der Waals surface area (Å²) in [4.78, 5) is 35.0. The number of anilines is 1. The minimum atomic E-state index is -0.306. The van der Waals surface area contributed by atoms with Crippen LogP contribution in [0.15, 0.2) is 48.7 Å². The van der Waals surface area contributed by atoms with Crippen LogP contribution >= 0.6 is 22.9 Å². The number of pyridine rings is 1. The number of carbonyl (C=O) groups excluding carboxylic acids is 2. The van der Waals surface area contributed by atoms with Gasteiger partial charge in [0.15, 0.2) is 5.13 Å². The van der Waals surface area contributed by atoms with Crippen LogP contribution in [-0.4, -0.2) is 21.8 Å². The SMILES string of the molecule is O=C(Nc1nc2c(s1)CCC[C@H]2C(=O)NCc1ccccn1)c1ccc(Cl)cc1. The van der Waals surface area contributed by atoms with E-state index in [4.69, 9.17) is 11.6 Å². The lowest BCUT2D eigenvalue weighted by molar-refractivity contribution is -0.123. The summed E-state index contributed by atoms with van der Waals surface area (Å²) in [7, 11) is 0. The summed E-state index contributed by atoms with van der Waals surface area (Å²) in [5.41, 5.74) is 2.09. The molecule has 4 rings (SSSR count). The lowest BCUT2D eigenvalue weighted by Crippen LogP contribution is -2.31. The van der Waals surface area contributed by atoms with Crippen LogP contribution < -0.4 is 10.6 Å². The Kier molecular flexibility index (Phi) is 5.87. The summed E-state index contributed by atoms with van der Waals surface area (Å²) in [5.74, 6) is -0.610. The number of hydrogen-bond donors (Lipinski definition) is 2. The van der Waals surface area contributed by atoms with Crippen molar-refractivity contribution in [2.45, 2.75) is 31.7 Å². The number of nitrogens with one attached hydrogen (secondary N) is 2. The van der Waals surface area contributed by atoms with Gasteiger partial charge in [-0.1, -0.05) is 17.7 Å². The maximum atomic E-state index is 12.7. The van der Waals surface area contributed by atoms with E-state index >= 15 is 0 Å². The molecule has 29 heavy (non-hydrogen) atoms. The van der Waals surface area contributed by atoms with E-state index in [2.05, 4.69) is 20.6 Å². The van der Waals surface area contributed by atoms with Gasteiger partial charge in [0.1, 0.15) is 0 Å². The number of amides is 2. The van der Waals surface area contributed by atoms with Crippen LogP contribution in [0.3, 0.4) is 0 Å². The van der Waals surface area contributed by atoms with Crippen molar-refractivity contribution in [2.24, 2.45) is 0 Å². The van der Waals surface area contributed by atoms with Gasteiger partial charge in [-0.3, -0.25) is 19.9 Å². The number of aryl methyl sites for hydroxylation is 1. The zero-order valence-corrected chi connectivity index (χ0v) is 17.1. The quantitative estimate of drug-likeness (QED) is 0.641. The first-order valence-corrected chi connectivity index (χ1v) is 10.5. The van der Waals surface area contributed by atoms with Crippen molar-refractivity contribution in [2.75, 3.05) is 5.32 Å². The molecule has 0 saturated carbocycles. The summed E-state index contributed by atoms with van der Waals surface area (Å²) < 4.78 is 0. The van der Waals surface area contributed by atoms with E-state index in [1.807, 2.05) is 18.2 Å².